The quantitative estimate of drug-likeness (QED) is 0.0532. The number of amides is 3. The molecule has 5 rings (SSSR count). The normalized spacial score (nSPS) is 11.1. The maximum Gasteiger partial charge on any atom is 0.250 e. The zero-order valence-electron chi connectivity index (χ0n) is 29.1. The van der Waals surface area contributed by atoms with Gasteiger partial charge in [-0.1, -0.05) is 86.0 Å². The fourth-order valence-corrected chi connectivity index (χ4v) is 5.97. The van der Waals surface area contributed by atoms with Crippen molar-refractivity contribution in [3.8, 4) is 22.3 Å². The Kier molecular flexibility index (Phi) is 13.2. The largest absolute Gasteiger partial charge is 0.398 e. The molecule has 0 aliphatic heterocycles. The highest BCUT2D eigenvalue weighted by Gasteiger charge is 2.15. The molecule has 0 atom stereocenters. The van der Waals surface area contributed by atoms with Gasteiger partial charge in [0, 0.05) is 22.9 Å². The topological polar surface area (TPSA) is 201 Å². The molecule has 3 amide bonds. The third kappa shape index (κ3) is 10.7. The number of anilines is 2. The first kappa shape index (κ1) is 38.8. The first-order chi connectivity index (χ1) is 24.8. The summed E-state index contributed by atoms with van der Waals surface area (Å²) in [6, 6.07) is 32.2. The number of nitrogens with one attached hydrogen (secondary N) is 1. The van der Waals surface area contributed by atoms with E-state index < -0.39 is 15.9 Å². The molecule has 0 aliphatic rings. The average Bonchev–Trinajstić information content (AvgIpc) is 3.12. The number of carbonyl (C=O) groups excluding carboxylic acids is 3. The summed E-state index contributed by atoms with van der Waals surface area (Å²) in [4.78, 5) is 35.4. The molecular weight excluding hydrogens is 675 g/mol. The van der Waals surface area contributed by atoms with Crippen molar-refractivity contribution >= 4 is 45.2 Å². The number of aryl methyl sites for hydroxylation is 2. The average molecular weight is 718 g/mol. The summed E-state index contributed by atoms with van der Waals surface area (Å²) in [5.74, 6) is -1.47. The van der Waals surface area contributed by atoms with E-state index in [1.54, 1.807) is 24.3 Å². The van der Waals surface area contributed by atoms with Gasteiger partial charge in [-0.05, 0) is 102 Å². The first-order valence-electron chi connectivity index (χ1n) is 16.7. The fraction of sp³-hybridized carbons (Fsp3) is 0.146. The molecule has 0 aliphatic carbocycles. The SMILES string of the molecule is CCCCCc1ccccc1-c1cccc(C(N)=O)c1.Cc1ccc(NC(=O)/C=C/c2cc(C(N)=O)c(N)c(-c3ccc(S(N)(=O)=O)cc3)c2)cc1. The van der Waals surface area contributed by atoms with Crippen LogP contribution in [0.3, 0.4) is 0 Å². The smallest absolute Gasteiger partial charge is 0.250 e. The number of nitrogen functional groups attached to an aromatic ring is 1. The summed E-state index contributed by atoms with van der Waals surface area (Å²) in [5.41, 5.74) is 24.6. The number of primary sulfonamides is 1. The molecule has 5 aromatic rings. The van der Waals surface area contributed by atoms with E-state index in [2.05, 4.69) is 30.4 Å². The summed E-state index contributed by atoms with van der Waals surface area (Å²) >= 11 is 0. The molecule has 11 heteroatoms. The van der Waals surface area contributed by atoms with Gasteiger partial charge in [0.05, 0.1) is 16.1 Å². The van der Waals surface area contributed by atoms with Crippen LogP contribution in [0.25, 0.3) is 28.3 Å². The Balaban J connectivity index is 0.000000259. The molecule has 9 N–H and O–H groups in total. The Labute approximate surface area is 304 Å². The molecule has 0 aromatic heterocycles. The predicted octanol–water partition coefficient (Wildman–Crippen LogP) is 6.83. The molecule has 0 saturated carbocycles. The summed E-state index contributed by atoms with van der Waals surface area (Å²) in [6.45, 7) is 4.16. The molecule has 52 heavy (non-hydrogen) atoms. The predicted molar refractivity (Wildman–Crippen MR) is 209 cm³/mol. The second-order valence-electron chi connectivity index (χ2n) is 12.2. The maximum absolute atomic E-state index is 12.3. The number of carbonyl (C=O) groups is 3. The van der Waals surface area contributed by atoms with Crippen LogP contribution in [0.15, 0.2) is 120 Å². The minimum absolute atomic E-state index is 0.0567. The molecule has 0 fully saturated rings. The Bertz CT molecular complexity index is 2200. The molecule has 10 nitrogen and oxygen atoms in total. The third-order valence-corrected chi connectivity index (χ3v) is 9.16. The molecule has 0 heterocycles. The van der Waals surface area contributed by atoms with Crippen molar-refractivity contribution in [2.24, 2.45) is 16.6 Å². The van der Waals surface area contributed by atoms with Gasteiger partial charge >= 0.3 is 0 Å². The third-order valence-electron chi connectivity index (χ3n) is 8.23. The van der Waals surface area contributed by atoms with Gasteiger partial charge in [-0.3, -0.25) is 14.4 Å². The lowest BCUT2D eigenvalue weighted by Gasteiger charge is -2.12. The van der Waals surface area contributed by atoms with Crippen molar-refractivity contribution in [3.05, 3.63) is 143 Å². The van der Waals surface area contributed by atoms with Gasteiger partial charge in [0.15, 0.2) is 0 Å². The Morgan fingerprint density at radius 2 is 1.44 bits per heavy atom. The van der Waals surface area contributed by atoms with Gasteiger partial charge < -0.3 is 22.5 Å². The van der Waals surface area contributed by atoms with Crippen LogP contribution in [0.1, 0.15) is 63.6 Å². The van der Waals surface area contributed by atoms with Gasteiger partial charge in [-0.25, -0.2) is 13.6 Å². The second-order valence-corrected chi connectivity index (χ2v) is 13.8. The van der Waals surface area contributed by atoms with Gasteiger partial charge in [-0.15, -0.1) is 0 Å². The Morgan fingerprint density at radius 3 is 2.08 bits per heavy atom. The monoisotopic (exact) mass is 717 g/mol. The highest BCUT2D eigenvalue weighted by Crippen LogP contribution is 2.32. The standard InChI is InChI=1S/C23H22N4O4S.C18H21NO/c1-14-2-7-17(8-3-14)27-21(28)11-4-15-12-19(22(24)20(13-15)23(25)29)16-5-9-18(10-6-16)32(26,30)31;1-2-3-4-8-14-9-5-6-12-17(14)15-10-7-11-16(13-15)18(19)20/h2-13H,24H2,1H3,(H2,25,29)(H,27,28)(H2,26,30,31);5-7,9-13H,2-4,8H2,1H3,(H2,19,20)/b11-4+;. The number of primary amides is 2. The van der Waals surface area contributed by atoms with Crippen molar-refractivity contribution in [1.29, 1.82) is 0 Å². The number of nitrogens with two attached hydrogens (primary N) is 4. The summed E-state index contributed by atoms with van der Waals surface area (Å²) in [6.07, 6.45) is 7.59. The lowest BCUT2D eigenvalue weighted by atomic mass is 9.95. The van der Waals surface area contributed by atoms with Crippen molar-refractivity contribution in [2.45, 2.75) is 44.4 Å². The maximum atomic E-state index is 12.3. The number of hydrogen-bond acceptors (Lipinski definition) is 6. The lowest BCUT2D eigenvalue weighted by molar-refractivity contribution is -0.111. The van der Waals surface area contributed by atoms with E-state index in [1.165, 1.54) is 72.9 Å². The highest BCUT2D eigenvalue weighted by molar-refractivity contribution is 7.89. The molecule has 5 aromatic carbocycles. The summed E-state index contributed by atoms with van der Waals surface area (Å²) < 4.78 is 23.0. The first-order valence-corrected chi connectivity index (χ1v) is 18.2. The summed E-state index contributed by atoms with van der Waals surface area (Å²) in [7, 11) is -3.85. The Hall–Kier alpha value is -6.04. The fourth-order valence-electron chi connectivity index (χ4n) is 5.46. The Morgan fingerprint density at radius 1 is 0.750 bits per heavy atom. The molecule has 0 radical (unpaired) electrons. The van der Waals surface area contributed by atoms with E-state index in [1.807, 2.05) is 43.3 Å². The zero-order chi connectivity index (χ0) is 37.8. The minimum Gasteiger partial charge on any atom is -0.398 e. The van der Waals surface area contributed by atoms with Crippen LogP contribution < -0.4 is 27.7 Å². The number of sulfonamides is 1. The van der Waals surface area contributed by atoms with E-state index in [-0.39, 0.29) is 28.0 Å². The molecule has 268 valence electrons. The number of unbranched alkanes of at least 4 members (excludes halogenated alkanes) is 2. The van der Waals surface area contributed by atoms with Crippen molar-refractivity contribution in [3.63, 3.8) is 0 Å². The second kappa shape index (κ2) is 17.8. The van der Waals surface area contributed by atoms with Gasteiger partial charge in [0.25, 0.3) is 5.91 Å². The van der Waals surface area contributed by atoms with Crippen LogP contribution in [0.2, 0.25) is 0 Å². The molecule has 0 unspecified atom stereocenters. The van der Waals surface area contributed by atoms with Crippen LogP contribution >= 0.6 is 0 Å². The van der Waals surface area contributed by atoms with Gasteiger partial charge in [0.2, 0.25) is 21.8 Å². The molecule has 0 bridgehead atoms. The number of rotatable bonds is 12. The van der Waals surface area contributed by atoms with Gasteiger partial charge in [-0.2, -0.15) is 0 Å². The van der Waals surface area contributed by atoms with Crippen molar-refractivity contribution < 1.29 is 22.8 Å². The van der Waals surface area contributed by atoms with Crippen molar-refractivity contribution in [1.82, 2.24) is 0 Å². The summed E-state index contributed by atoms with van der Waals surface area (Å²) in [5, 5.41) is 7.88. The highest BCUT2D eigenvalue weighted by atomic mass is 32.2. The van der Waals surface area contributed by atoms with E-state index in [0.717, 1.165) is 17.5 Å². The van der Waals surface area contributed by atoms with Gasteiger partial charge in [0.1, 0.15) is 0 Å². The van der Waals surface area contributed by atoms with E-state index in [4.69, 9.17) is 22.3 Å². The molecule has 0 spiro atoms. The van der Waals surface area contributed by atoms with E-state index in [9.17, 15) is 22.8 Å². The van der Waals surface area contributed by atoms with Crippen molar-refractivity contribution in [2.75, 3.05) is 11.1 Å². The molecular formula is C41H43N5O5S. The van der Waals surface area contributed by atoms with E-state index >= 15 is 0 Å². The minimum atomic E-state index is -3.85. The van der Waals surface area contributed by atoms with E-state index in [0.29, 0.717) is 27.9 Å². The van der Waals surface area contributed by atoms with Crippen LogP contribution in [0.5, 0.6) is 0 Å². The number of benzene rings is 5. The van der Waals surface area contributed by atoms with Crippen LogP contribution in [0.4, 0.5) is 11.4 Å². The molecule has 0 saturated heterocycles. The van der Waals surface area contributed by atoms with Crippen LogP contribution in [-0.4, -0.2) is 26.1 Å². The zero-order valence-corrected chi connectivity index (χ0v) is 30.0. The van der Waals surface area contributed by atoms with Crippen LogP contribution in [-0.2, 0) is 21.2 Å². The number of hydrogen-bond donors (Lipinski definition) is 5. The lowest BCUT2D eigenvalue weighted by Crippen LogP contribution is -2.14. The van der Waals surface area contributed by atoms with Crippen LogP contribution in [0, 0.1) is 6.92 Å².